The Morgan fingerprint density at radius 2 is 1.77 bits per heavy atom. The largest absolute Gasteiger partial charge is 0.378 e. The van der Waals surface area contributed by atoms with Crippen LogP contribution in [0.2, 0.25) is 0 Å². The van der Waals surface area contributed by atoms with Crippen molar-refractivity contribution in [2.75, 3.05) is 35.0 Å². The maximum absolute atomic E-state index is 13.1. The molecule has 0 aliphatic carbocycles. The van der Waals surface area contributed by atoms with E-state index in [1.807, 2.05) is 57.1 Å². The van der Waals surface area contributed by atoms with Crippen molar-refractivity contribution in [2.24, 2.45) is 4.99 Å². The third-order valence-corrected chi connectivity index (χ3v) is 9.12. The van der Waals surface area contributed by atoms with E-state index in [1.165, 1.54) is 29.4 Å². The molecule has 4 aromatic rings. The number of thioether (sulfide) groups is 1. The van der Waals surface area contributed by atoms with Crippen LogP contribution in [0.5, 0.6) is 0 Å². The molecule has 1 aliphatic rings. The number of nitrogens with one attached hydrogen (secondary N) is 1. The van der Waals surface area contributed by atoms with E-state index in [2.05, 4.69) is 20.4 Å². The summed E-state index contributed by atoms with van der Waals surface area (Å²) in [4.78, 5) is 35.6. The van der Waals surface area contributed by atoms with Crippen LogP contribution in [0.1, 0.15) is 30.9 Å². The van der Waals surface area contributed by atoms with Crippen molar-refractivity contribution in [1.29, 1.82) is 5.26 Å². The van der Waals surface area contributed by atoms with Gasteiger partial charge in [0.25, 0.3) is 0 Å². The van der Waals surface area contributed by atoms with Gasteiger partial charge in [0.2, 0.25) is 5.91 Å². The van der Waals surface area contributed by atoms with E-state index >= 15 is 0 Å². The van der Waals surface area contributed by atoms with E-state index < -0.39 is 21.2 Å². The number of aromatic nitrogens is 3. The number of aliphatic imine (C=N–C) groups is 1. The fourth-order valence-electron chi connectivity index (χ4n) is 4.66. The number of carbonyl (C=O) groups excluding carboxylic acids is 2. The van der Waals surface area contributed by atoms with E-state index in [9.17, 15) is 34.3 Å². The van der Waals surface area contributed by atoms with E-state index in [4.69, 9.17) is 0 Å². The summed E-state index contributed by atoms with van der Waals surface area (Å²) in [5, 5.41) is 16.7. The van der Waals surface area contributed by atoms with Crippen molar-refractivity contribution in [1.82, 2.24) is 14.8 Å². The summed E-state index contributed by atoms with van der Waals surface area (Å²) in [6, 6.07) is 13.5. The topological polar surface area (TPSA) is 120 Å². The lowest BCUT2D eigenvalue weighted by molar-refractivity contribution is -0.115. The van der Waals surface area contributed by atoms with Gasteiger partial charge in [0.1, 0.15) is 17.3 Å². The van der Waals surface area contributed by atoms with Gasteiger partial charge in [0.15, 0.2) is 11.0 Å². The van der Waals surface area contributed by atoms with Gasteiger partial charge in [-0.05, 0) is 66.1 Å². The molecular formula is C30H27F5N8O2S2. The first kappa shape index (κ1) is 33.4. The van der Waals surface area contributed by atoms with Gasteiger partial charge in [-0.2, -0.15) is 10.3 Å². The van der Waals surface area contributed by atoms with Gasteiger partial charge in [-0.15, -0.1) is 5.10 Å². The number of anilines is 3. The van der Waals surface area contributed by atoms with E-state index in [0.717, 1.165) is 39.8 Å². The average Bonchev–Trinajstić information content (AvgIpc) is 3.63. The predicted molar refractivity (Wildman–Crippen MR) is 174 cm³/mol. The summed E-state index contributed by atoms with van der Waals surface area (Å²) >= 11 is 1.12. The molecule has 3 amide bonds. The summed E-state index contributed by atoms with van der Waals surface area (Å²) in [7, 11) is -6.07. The van der Waals surface area contributed by atoms with Crippen molar-refractivity contribution in [3.63, 3.8) is 0 Å². The minimum atomic E-state index is -9.82. The Bertz CT molecular complexity index is 1970. The Morgan fingerprint density at radius 3 is 2.38 bits per heavy atom. The van der Waals surface area contributed by atoms with Gasteiger partial charge in [-0.3, -0.25) is 9.69 Å². The summed E-state index contributed by atoms with van der Waals surface area (Å²) in [6.45, 7) is 4.00. The minimum Gasteiger partial charge on any atom is -0.378 e. The van der Waals surface area contributed by atoms with Gasteiger partial charge in [-0.1, -0.05) is 51.1 Å². The van der Waals surface area contributed by atoms with Gasteiger partial charge < -0.3 is 10.2 Å². The second-order valence-corrected chi connectivity index (χ2v) is 14.3. The predicted octanol–water partition coefficient (Wildman–Crippen LogP) is 8.32. The molecule has 17 heteroatoms. The molecule has 47 heavy (non-hydrogen) atoms. The van der Waals surface area contributed by atoms with Crippen molar-refractivity contribution in [3.8, 4) is 23.1 Å². The lowest BCUT2D eigenvalue weighted by Gasteiger charge is -2.40. The molecule has 0 atom stereocenters. The number of nitriles is 1. The Labute approximate surface area is 270 Å². The summed E-state index contributed by atoms with van der Waals surface area (Å²) in [5.74, 6) is 0.0161. The summed E-state index contributed by atoms with van der Waals surface area (Å²) < 4.78 is 66.4. The molecule has 1 fully saturated rings. The molecule has 10 nitrogen and oxygen atoms in total. The Kier molecular flexibility index (Phi) is 8.09. The number of hydrogen-bond acceptors (Lipinski definition) is 7. The van der Waals surface area contributed by atoms with Crippen LogP contribution in [0.25, 0.3) is 17.1 Å². The smallest absolute Gasteiger partial charge is 0.347 e. The molecule has 246 valence electrons. The number of amides is 3. The van der Waals surface area contributed by atoms with Crippen LogP contribution in [0, 0.1) is 11.3 Å². The highest BCUT2D eigenvalue weighted by Crippen LogP contribution is 3.02. The van der Waals surface area contributed by atoms with Crippen LogP contribution in [0.15, 0.2) is 76.9 Å². The molecule has 1 aliphatic heterocycles. The second kappa shape index (κ2) is 11.4. The highest BCUT2D eigenvalue weighted by molar-refractivity contribution is 8.45. The normalized spacial score (nSPS) is 15.8. The van der Waals surface area contributed by atoms with Gasteiger partial charge in [0, 0.05) is 25.3 Å². The van der Waals surface area contributed by atoms with Crippen LogP contribution in [0.3, 0.4) is 0 Å². The lowest BCUT2D eigenvalue weighted by Crippen LogP contribution is -2.31. The van der Waals surface area contributed by atoms with Crippen molar-refractivity contribution in [2.45, 2.75) is 24.7 Å². The number of rotatable bonds is 7. The Morgan fingerprint density at radius 1 is 1.06 bits per heavy atom. The van der Waals surface area contributed by atoms with Gasteiger partial charge in [0.05, 0.1) is 28.4 Å². The molecule has 1 N–H and O–H groups in total. The van der Waals surface area contributed by atoms with Crippen LogP contribution in [-0.2, 0) is 4.79 Å². The number of hydrogen-bond donors (Lipinski definition) is 1. The molecular weight excluding hydrogens is 664 g/mol. The highest BCUT2D eigenvalue weighted by Gasteiger charge is 2.65. The second-order valence-electron chi connectivity index (χ2n) is 11.0. The van der Waals surface area contributed by atoms with Crippen LogP contribution in [0.4, 0.5) is 41.3 Å². The average molecular weight is 691 g/mol. The summed E-state index contributed by atoms with van der Waals surface area (Å²) in [5.41, 5.74) is 2.91. The molecule has 1 aromatic heterocycles. The molecule has 0 saturated carbocycles. The summed E-state index contributed by atoms with van der Waals surface area (Å²) in [6.07, 6.45) is 1.17. The first-order chi connectivity index (χ1) is 21.8. The molecule has 3 aromatic carbocycles. The van der Waals surface area contributed by atoms with E-state index in [1.54, 1.807) is 0 Å². The van der Waals surface area contributed by atoms with Gasteiger partial charge in [-0.25, -0.2) is 14.5 Å². The molecule has 2 heterocycles. The molecule has 0 unspecified atom stereocenters. The number of benzene rings is 3. The third kappa shape index (κ3) is 7.23. The van der Waals surface area contributed by atoms with Crippen LogP contribution >= 0.6 is 22.0 Å². The zero-order valence-corrected chi connectivity index (χ0v) is 26.9. The zero-order valence-electron chi connectivity index (χ0n) is 25.3. The quantitative estimate of drug-likeness (QED) is 0.194. The third-order valence-electron chi connectivity index (χ3n) is 7.03. The maximum atomic E-state index is 13.1. The first-order valence-corrected chi connectivity index (χ1v) is 16.8. The van der Waals surface area contributed by atoms with E-state index in [-0.39, 0.29) is 57.6 Å². The minimum absolute atomic E-state index is 0.0282. The number of carbonyl (C=O) groups is 2. The Hall–Kier alpha value is -4.95. The SMILES string of the molecule is CC(C)c1ccc(N(C)C)cc1N1C(=O)CS/C1=N\C(=O)Nc1ccc(-c2ncn(-c3ccc(S(F)(F)(F)(F)F)cc3)n2)cc1C#N. The number of amidine groups is 1. The maximum Gasteiger partial charge on any atom is 0.347 e. The number of urea groups is 1. The Balaban J connectivity index is 1.37. The lowest BCUT2D eigenvalue weighted by atomic mass is 9.99. The van der Waals surface area contributed by atoms with E-state index in [0.29, 0.717) is 11.3 Å². The fourth-order valence-corrected chi connectivity index (χ4v) is 6.17. The monoisotopic (exact) mass is 690 g/mol. The molecule has 0 spiro atoms. The molecule has 0 bridgehead atoms. The van der Waals surface area contributed by atoms with Crippen molar-refractivity contribution >= 4 is 56.2 Å². The van der Waals surface area contributed by atoms with Crippen LogP contribution < -0.4 is 15.1 Å². The number of halogens is 5. The first-order valence-electron chi connectivity index (χ1n) is 13.8. The zero-order chi connectivity index (χ0) is 34.4. The molecule has 0 radical (unpaired) electrons. The van der Waals surface area contributed by atoms with Gasteiger partial charge >= 0.3 is 16.3 Å². The highest BCUT2D eigenvalue weighted by atomic mass is 32.5. The fraction of sp³-hybridized carbons (Fsp3) is 0.200. The molecule has 5 rings (SSSR count). The molecule has 1 saturated heterocycles. The van der Waals surface area contributed by atoms with Crippen LogP contribution in [-0.4, -0.2) is 51.7 Å². The van der Waals surface area contributed by atoms with Crippen molar-refractivity contribution < 1.29 is 29.0 Å². The standard InChI is InChI=1S/C30H27F5N8O2S2/c1-18(2)24-11-8-22(41(3)4)14-26(24)43-27(44)16-46-30(43)39-29(45)38-25-12-5-19(13-20(25)15-36)28-37-17-42(40-28)21-6-9-23(10-7-21)47(31,32,33,34)35/h5-14,17-18H,16H2,1-4H3,(H,38,45)/b39-30-. The number of nitrogens with zero attached hydrogens (tertiary/aromatic N) is 7. The van der Waals surface area contributed by atoms with Crippen molar-refractivity contribution in [3.05, 3.63) is 78.1 Å².